The van der Waals surface area contributed by atoms with Crippen LogP contribution in [0.5, 0.6) is 0 Å². The third-order valence-corrected chi connectivity index (χ3v) is 5.65. The van der Waals surface area contributed by atoms with E-state index in [1.807, 2.05) is 0 Å². The van der Waals surface area contributed by atoms with Crippen LogP contribution in [0.2, 0.25) is 0 Å². The number of unbranched alkanes of at least 4 members (excludes halogenated alkanes) is 19. The summed E-state index contributed by atoms with van der Waals surface area (Å²) >= 11 is 0. The van der Waals surface area contributed by atoms with E-state index >= 15 is 0 Å². The van der Waals surface area contributed by atoms with Gasteiger partial charge in [0.1, 0.15) is 0 Å². The summed E-state index contributed by atoms with van der Waals surface area (Å²) in [6.07, 6.45) is 33.0. The summed E-state index contributed by atoms with van der Waals surface area (Å²) in [4.78, 5) is 10.4. The molecule has 0 atom stereocenters. The minimum absolute atomic E-state index is 0.342. The molecule has 0 unspecified atom stereocenters. The fourth-order valence-corrected chi connectivity index (χ4v) is 3.76. The van der Waals surface area contributed by atoms with E-state index in [0.29, 0.717) is 6.42 Å². The Bertz CT molecular complexity index is 335. The predicted molar refractivity (Wildman–Crippen MR) is 124 cm³/mol. The predicted octanol–water partition coefficient (Wildman–Crippen LogP) is 9.23. The van der Waals surface area contributed by atoms with E-state index in [2.05, 4.69) is 19.1 Å². The summed E-state index contributed by atoms with van der Waals surface area (Å²) in [5, 5.41) is 8.58. The van der Waals surface area contributed by atoms with Gasteiger partial charge < -0.3 is 5.11 Å². The molecule has 0 bridgehead atoms. The number of allylic oxidation sites excluding steroid dienone is 2. The molecule has 0 amide bonds. The Hall–Kier alpha value is -0.790. The standard InChI is InChI=1S/C26H50O2/c1-2-3-4-5-6-7-8-9-10-11-12-13-14-15-16-17-18-19-20-21-22-23-24-25-26(27)28/h10-11H,2-9,12-25H2,1H3,(H,27,28)/b11-10-. The van der Waals surface area contributed by atoms with E-state index in [4.69, 9.17) is 5.11 Å². The lowest BCUT2D eigenvalue weighted by atomic mass is 10.0. The van der Waals surface area contributed by atoms with E-state index in [0.717, 1.165) is 12.8 Å². The number of rotatable bonds is 23. The van der Waals surface area contributed by atoms with Crippen LogP contribution < -0.4 is 0 Å². The second-order valence-corrected chi connectivity index (χ2v) is 8.56. The molecule has 0 fully saturated rings. The molecule has 28 heavy (non-hydrogen) atoms. The van der Waals surface area contributed by atoms with Crippen molar-refractivity contribution in [3.63, 3.8) is 0 Å². The van der Waals surface area contributed by atoms with Crippen molar-refractivity contribution >= 4 is 5.97 Å². The number of aliphatic carboxylic acids is 1. The van der Waals surface area contributed by atoms with Gasteiger partial charge in [0.05, 0.1) is 0 Å². The summed E-state index contributed by atoms with van der Waals surface area (Å²) in [6, 6.07) is 0. The highest BCUT2D eigenvalue weighted by atomic mass is 16.4. The SMILES string of the molecule is CCCCCCCCC/C=C\CCCCCCCCCCCCCCC(=O)O. The van der Waals surface area contributed by atoms with E-state index in [9.17, 15) is 4.79 Å². The Morgan fingerprint density at radius 3 is 1.21 bits per heavy atom. The van der Waals surface area contributed by atoms with Crippen LogP contribution in [-0.4, -0.2) is 11.1 Å². The zero-order chi connectivity index (χ0) is 20.5. The third-order valence-electron chi connectivity index (χ3n) is 5.65. The molecule has 166 valence electrons. The fourth-order valence-electron chi connectivity index (χ4n) is 3.76. The molecule has 0 aromatic heterocycles. The Labute approximate surface area is 176 Å². The summed E-state index contributed by atoms with van der Waals surface area (Å²) in [5.74, 6) is -0.653. The zero-order valence-electron chi connectivity index (χ0n) is 19.1. The lowest BCUT2D eigenvalue weighted by Gasteiger charge is -2.02. The van der Waals surface area contributed by atoms with Gasteiger partial charge in [-0.25, -0.2) is 0 Å². The van der Waals surface area contributed by atoms with Gasteiger partial charge >= 0.3 is 5.97 Å². The van der Waals surface area contributed by atoms with Gasteiger partial charge in [0.15, 0.2) is 0 Å². The Morgan fingerprint density at radius 2 is 0.857 bits per heavy atom. The van der Waals surface area contributed by atoms with Crippen molar-refractivity contribution in [2.75, 3.05) is 0 Å². The van der Waals surface area contributed by atoms with E-state index in [1.54, 1.807) is 0 Å². The highest BCUT2D eigenvalue weighted by molar-refractivity contribution is 5.66. The van der Waals surface area contributed by atoms with Crippen LogP contribution in [0.1, 0.15) is 148 Å². The topological polar surface area (TPSA) is 37.3 Å². The first-order valence-electron chi connectivity index (χ1n) is 12.6. The van der Waals surface area contributed by atoms with Crippen LogP contribution in [0.3, 0.4) is 0 Å². The quantitative estimate of drug-likeness (QED) is 0.138. The van der Waals surface area contributed by atoms with Gasteiger partial charge in [-0.1, -0.05) is 122 Å². The first-order chi connectivity index (χ1) is 13.8. The van der Waals surface area contributed by atoms with Crippen LogP contribution in [-0.2, 0) is 4.79 Å². The average molecular weight is 395 g/mol. The van der Waals surface area contributed by atoms with Gasteiger partial charge in [0.25, 0.3) is 0 Å². The van der Waals surface area contributed by atoms with Crippen molar-refractivity contribution in [2.45, 2.75) is 148 Å². The number of carbonyl (C=O) groups is 1. The molecule has 0 spiro atoms. The lowest BCUT2D eigenvalue weighted by molar-refractivity contribution is -0.137. The average Bonchev–Trinajstić information content (AvgIpc) is 2.68. The molecule has 0 radical (unpaired) electrons. The number of carboxylic acid groups (broad SMARTS) is 1. The highest BCUT2D eigenvalue weighted by Gasteiger charge is 1.97. The van der Waals surface area contributed by atoms with Crippen LogP contribution in [0.15, 0.2) is 12.2 Å². The Kier molecular flexibility index (Phi) is 23.6. The van der Waals surface area contributed by atoms with Crippen molar-refractivity contribution < 1.29 is 9.90 Å². The van der Waals surface area contributed by atoms with Crippen LogP contribution in [0, 0.1) is 0 Å². The molecule has 2 nitrogen and oxygen atoms in total. The van der Waals surface area contributed by atoms with Crippen LogP contribution in [0.25, 0.3) is 0 Å². The second-order valence-electron chi connectivity index (χ2n) is 8.56. The largest absolute Gasteiger partial charge is 0.481 e. The maximum absolute atomic E-state index is 10.4. The number of carboxylic acids is 1. The summed E-state index contributed by atoms with van der Waals surface area (Å²) in [7, 11) is 0. The van der Waals surface area contributed by atoms with Gasteiger partial charge in [-0.2, -0.15) is 0 Å². The first kappa shape index (κ1) is 27.2. The summed E-state index contributed by atoms with van der Waals surface area (Å²) < 4.78 is 0. The molecule has 0 aromatic rings. The Balaban J connectivity index is 3.07. The van der Waals surface area contributed by atoms with Crippen molar-refractivity contribution in [3.8, 4) is 0 Å². The molecular weight excluding hydrogens is 344 g/mol. The summed E-state index contributed by atoms with van der Waals surface area (Å²) in [5.41, 5.74) is 0. The van der Waals surface area contributed by atoms with Gasteiger partial charge in [0.2, 0.25) is 0 Å². The van der Waals surface area contributed by atoms with Crippen molar-refractivity contribution in [3.05, 3.63) is 12.2 Å². The normalized spacial score (nSPS) is 11.5. The van der Waals surface area contributed by atoms with Gasteiger partial charge in [-0.3, -0.25) is 4.79 Å². The maximum atomic E-state index is 10.4. The smallest absolute Gasteiger partial charge is 0.303 e. The van der Waals surface area contributed by atoms with Gasteiger partial charge in [0, 0.05) is 6.42 Å². The van der Waals surface area contributed by atoms with Crippen molar-refractivity contribution in [1.82, 2.24) is 0 Å². The molecular formula is C26H50O2. The van der Waals surface area contributed by atoms with Crippen LogP contribution >= 0.6 is 0 Å². The molecule has 0 aromatic carbocycles. The maximum Gasteiger partial charge on any atom is 0.303 e. The molecule has 1 N–H and O–H groups in total. The molecule has 0 aliphatic heterocycles. The second kappa shape index (κ2) is 24.2. The molecule has 0 aliphatic carbocycles. The lowest BCUT2D eigenvalue weighted by Crippen LogP contribution is -1.93. The van der Waals surface area contributed by atoms with Crippen molar-refractivity contribution in [1.29, 1.82) is 0 Å². The third kappa shape index (κ3) is 25.2. The minimum Gasteiger partial charge on any atom is -0.481 e. The Morgan fingerprint density at radius 1 is 0.536 bits per heavy atom. The van der Waals surface area contributed by atoms with E-state index < -0.39 is 5.97 Å². The summed E-state index contributed by atoms with van der Waals surface area (Å²) in [6.45, 7) is 2.28. The molecule has 2 heteroatoms. The molecule has 0 saturated heterocycles. The van der Waals surface area contributed by atoms with Crippen LogP contribution in [0.4, 0.5) is 0 Å². The molecule has 0 rings (SSSR count). The minimum atomic E-state index is -0.653. The van der Waals surface area contributed by atoms with E-state index in [-0.39, 0.29) is 0 Å². The fraction of sp³-hybridized carbons (Fsp3) is 0.885. The molecule has 0 saturated carbocycles. The number of hydrogen-bond acceptors (Lipinski definition) is 1. The van der Waals surface area contributed by atoms with Gasteiger partial charge in [-0.15, -0.1) is 0 Å². The molecule has 0 heterocycles. The highest BCUT2D eigenvalue weighted by Crippen LogP contribution is 2.13. The number of hydrogen-bond donors (Lipinski definition) is 1. The first-order valence-corrected chi connectivity index (χ1v) is 12.6. The van der Waals surface area contributed by atoms with Crippen molar-refractivity contribution in [2.24, 2.45) is 0 Å². The monoisotopic (exact) mass is 394 g/mol. The zero-order valence-corrected chi connectivity index (χ0v) is 19.1. The molecule has 0 aliphatic rings. The van der Waals surface area contributed by atoms with E-state index in [1.165, 1.54) is 122 Å². The van der Waals surface area contributed by atoms with Gasteiger partial charge in [-0.05, 0) is 32.1 Å².